The van der Waals surface area contributed by atoms with E-state index in [0.29, 0.717) is 18.3 Å². The normalized spacial score (nSPS) is 12.3. The van der Waals surface area contributed by atoms with E-state index < -0.39 is 10.0 Å². The molecule has 0 amide bonds. The second-order valence-corrected chi connectivity index (χ2v) is 7.54. The number of aryl methyl sites for hydroxylation is 2. The van der Waals surface area contributed by atoms with Gasteiger partial charge in [0.25, 0.3) is 0 Å². The van der Waals surface area contributed by atoms with Crippen molar-refractivity contribution in [2.24, 2.45) is 0 Å². The molecule has 1 aromatic rings. The lowest BCUT2D eigenvalue weighted by Gasteiger charge is -2.20. The minimum atomic E-state index is -3.54. The Morgan fingerprint density at radius 2 is 1.81 bits per heavy atom. The van der Waals surface area contributed by atoms with Crippen LogP contribution in [0.25, 0.3) is 0 Å². The summed E-state index contributed by atoms with van der Waals surface area (Å²) in [5, 5.41) is 0. The van der Waals surface area contributed by atoms with Crippen molar-refractivity contribution in [1.82, 2.24) is 9.62 Å². The highest BCUT2D eigenvalue weighted by Gasteiger charge is 2.18. The first-order valence-electron chi connectivity index (χ1n) is 7.21. The molecule has 0 saturated heterocycles. The molecule has 0 aliphatic heterocycles. The second kappa shape index (κ2) is 7.24. The van der Waals surface area contributed by atoms with E-state index >= 15 is 0 Å². The van der Waals surface area contributed by atoms with Crippen LogP contribution in [0.4, 0.5) is 5.69 Å². The van der Waals surface area contributed by atoms with E-state index in [0.717, 1.165) is 24.1 Å². The first kappa shape index (κ1) is 17.9. The van der Waals surface area contributed by atoms with Crippen LogP contribution in [0.15, 0.2) is 17.0 Å². The largest absolute Gasteiger partial charge is 0.398 e. The Labute approximate surface area is 128 Å². The predicted molar refractivity (Wildman–Crippen MR) is 87.9 cm³/mol. The van der Waals surface area contributed by atoms with Gasteiger partial charge in [-0.2, -0.15) is 0 Å². The van der Waals surface area contributed by atoms with Crippen LogP contribution in [0.2, 0.25) is 0 Å². The third-order valence-corrected chi connectivity index (χ3v) is 5.29. The summed E-state index contributed by atoms with van der Waals surface area (Å²) in [4.78, 5) is 2.35. The lowest BCUT2D eigenvalue weighted by Crippen LogP contribution is -2.31. The molecule has 0 aliphatic rings. The van der Waals surface area contributed by atoms with Gasteiger partial charge in [-0.1, -0.05) is 0 Å². The SMILES string of the molecule is Cc1cc(N)c(S(=O)(=O)NCCCN(C)C(C)C)cc1C. The van der Waals surface area contributed by atoms with Crippen LogP contribution in [-0.2, 0) is 10.0 Å². The molecule has 1 rings (SSSR count). The molecule has 0 spiro atoms. The Hall–Kier alpha value is -1.11. The summed E-state index contributed by atoms with van der Waals surface area (Å²) in [6, 6.07) is 3.79. The molecular formula is C15H27N3O2S. The Bertz CT molecular complexity index is 583. The first-order chi connectivity index (χ1) is 9.65. The fourth-order valence-electron chi connectivity index (χ4n) is 1.92. The van der Waals surface area contributed by atoms with Gasteiger partial charge in [-0.3, -0.25) is 0 Å². The fraction of sp³-hybridized carbons (Fsp3) is 0.600. The number of hydrogen-bond acceptors (Lipinski definition) is 4. The molecule has 21 heavy (non-hydrogen) atoms. The van der Waals surface area contributed by atoms with Crippen molar-refractivity contribution in [1.29, 1.82) is 0 Å². The monoisotopic (exact) mass is 313 g/mol. The molecule has 5 nitrogen and oxygen atoms in total. The highest BCUT2D eigenvalue weighted by atomic mass is 32.2. The number of nitrogen functional groups attached to an aromatic ring is 1. The molecule has 0 bridgehead atoms. The molecule has 1 aromatic carbocycles. The van der Waals surface area contributed by atoms with Gasteiger partial charge in [-0.25, -0.2) is 13.1 Å². The highest BCUT2D eigenvalue weighted by molar-refractivity contribution is 7.89. The number of benzene rings is 1. The zero-order chi connectivity index (χ0) is 16.2. The van der Waals surface area contributed by atoms with E-state index in [9.17, 15) is 8.42 Å². The molecule has 6 heteroatoms. The van der Waals surface area contributed by atoms with Gasteiger partial charge in [0.1, 0.15) is 4.90 Å². The van der Waals surface area contributed by atoms with Crippen molar-refractivity contribution >= 4 is 15.7 Å². The van der Waals surface area contributed by atoms with Gasteiger partial charge >= 0.3 is 0 Å². The number of hydrogen-bond donors (Lipinski definition) is 2. The van der Waals surface area contributed by atoms with Gasteiger partial charge in [0.2, 0.25) is 10.0 Å². The van der Waals surface area contributed by atoms with Gasteiger partial charge in [-0.05, 0) is 71.0 Å². The van der Waals surface area contributed by atoms with Crippen LogP contribution in [0.3, 0.4) is 0 Å². The second-order valence-electron chi connectivity index (χ2n) is 5.80. The van der Waals surface area contributed by atoms with Crippen molar-refractivity contribution in [3.8, 4) is 0 Å². The molecule has 120 valence electrons. The Balaban J connectivity index is 2.68. The van der Waals surface area contributed by atoms with Gasteiger partial charge in [0, 0.05) is 12.6 Å². The maximum absolute atomic E-state index is 12.3. The number of nitrogens with zero attached hydrogens (tertiary/aromatic N) is 1. The van der Waals surface area contributed by atoms with E-state index in [1.54, 1.807) is 12.1 Å². The lowest BCUT2D eigenvalue weighted by atomic mass is 10.1. The fourth-order valence-corrected chi connectivity index (χ4v) is 3.19. The molecule has 0 aromatic heterocycles. The van der Waals surface area contributed by atoms with E-state index in [2.05, 4.69) is 23.5 Å². The zero-order valence-electron chi connectivity index (χ0n) is 13.6. The van der Waals surface area contributed by atoms with Crippen LogP contribution < -0.4 is 10.5 Å². The minimum absolute atomic E-state index is 0.169. The number of rotatable bonds is 7. The number of sulfonamides is 1. The van der Waals surface area contributed by atoms with Crippen molar-refractivity contribution in [2.45, 2.75) is 45.1 Å². The van der Waals surface area contributed by atoms with E-state index in [1.165, 1.54) is 0 Å². The van der Waals surface area contributed by atoms with Gasteiger partial charge < -0.3 is 10.6 Å². The molecule has 0 saturated carbocycles. The molecule has 3 N–H and O–H groups in total. The molecule has 0 aliphatic carbocycles. The quantitative estimate of drug-likeness (QED) is 0.595. The Morgan fingerprint density at radius 3 is 2.38 bits per heavy atom. The average molecular weight is 313 g/mol. The molecular weight excluding hydrogens is 286 g/mol. The molecule has 0 atom stereocenters. The summed E-state index contributed by atoms with van der Waals surface area (Å²) < 4.78 is 27.2. The predicted octanol–water partition coefficient (Wildman–Crippen LogP) is 1.89. The number of anilines is 1. The summed E-state index contributed by atoms with van der Waals surface area (Å²) in [5.41, 5.74) is 8.05. The topological polar surface area (TPSA) is 75.4 Å². The zero-order valence-corrected chi connectivity index (χ0v) is 14.4. The van der Waals surface area contributed by atoms with Gasteiger partial charge in [0.05, 0.1) is 5.69 Å². The summed E-state index contributed by atoms with van der Waals surface area (Å²) >= 11 is 0. The molecule has 0 heterocycles. The molecule has 0 fully saturated rings. The summed E-state index contributed by atoms with van der Waals surface area (Å²) in [5.74, 6) is 0. The minimum Gasteiger partial charge on any atom is -0.398 e. The third-order valence-electron chi connectivity index (χ3n) is 3.78. The smallest absolute Gasteiger partial charge is 0.242 e. The summed E-state index contributed by atoms with van der Waals surface area (Å²) in [7, 11) is -1.51. The maximum Gasteiger partial charge on any atom is 0.242 e. The molecule has 0 radical (unpaired) electrons. The van der Waals surface area contributed by atoms with Crippen LogP contribution in [0.5, 0.6) is 0 Å². The molecule has 0 unspecified atom stereocenters. The van der Waals surface area contributed by atoms with Gasteiger partial charge in [-0.15, -0.1) is 0 Å². The van der Waals surface area contributed by atoms with E-state index in [-0.39, 0.29) is 4.90 Å². The van der Waals surface area contributed by atoms with Crippen LogP contribution in [0, 0.1) is 13.8 Å². The van der Waals surface area contributed by atoms with Crippen molar-refractivity contribution in [3.63, 3.8) is 0 Å². The van der Waals surface area contributed by atoms with E-state index in [4.69, 9.17) is 5.73 Å². The van der Waals surface area contributed by atoms with Crippen LogP contribution in [-0.4, -0.2) is 39.5 Å². The summed E-state index contributed by atoms with van der Waals surface area (Å²) in [6.07, 6.45) is 0.763. The van der Waals surface area contributed by atoms with Crippen LogP contribution in [0.1, 0.15) is 31.4 Å². The Morgan fingerprint density at radius 1 is 1.24 bits per heavy atom. The average Bonchev–Trinajstić information content (AvgIpc) is 2.38. The van der Waals surface area contributed by atoms with Crippen molar-refractivity contribution in [2.75, 3.05) is 25.9 Å². The van der Waals surface area contributed by atoms with E-state index in [1.807, 2.05) is 20.9 Å². The van der Waals surface area contributed by atoms with Crippen molar-refractivity contribution in [3.05, 3.63) is 23.3 Å². The third kappa shape index (κ3) is 4.98. The standard InChI is InChI=1S/C15H27N3O2S/c1-11(2)18(5)8-6-7-17-21(19,20)15-10-13(4)12(3)9-14(15)16/h9-11,17H,6-8,16H2,1-5H3. The van der Waals surface area contributed by atoms with Crippen molar-refractivity contribution < 1.29 is 8.42 Å². The maximum atomic E-state index is 12.3. The number of nitrogens with two attached hydrogens (primary N) is 1. The Kier molecular flexibility index (Phi) is 6.19. The lowest BCUT2D eigenvalue weighted by molar-refractivity contribution is 0.271. The first-order valence-corrected chi connectivity index (χ1v) is 8.70. The summed E-state index contributed by atoms with van der Waals surface area (Å²) in [6.45, 7) is 9.27. The van der Waals surface area contributed by atoms with Crippen LogP contribution >= 0.6 is 0 Å². The van der Waals surface area contributed by atoms with Gasteiger partial charge in [0.15, 0.2) is 0 Å². The number of nitrogens with one attached hydrogen (secondary N) is 1. The highest BCUT2D eigenvalue weighted by Crippen LogP contribution is 2.22.